The van der Waals surface area contributed by atoms with Crippen LogP contribution in [0.15, 0.2) is 91.4 Å². The number of rotatable bonds is 9. The van der Waals surface area contributed by atoms with Gasteiger partial charge in [-0.25, -0.2) is 4.98 Å². The van der Waals surface area contributed by atoms with Crippen LogP contribution in [0.5, 0.6) is 5.75 Å². The van der Waals surface area contributed by atoms with E-state index in [1.807, 2.05) is 60.1 Å². The van der Waals surface area contributed by atoms with Gasteiger partial charge in [0, 0.05) is 37.1 Å². The molecule has 1 N–H and O–H groups in total. The number of nitrogens with one attached hydrogen (secondary N) is 1. The Morgan fingerprint density at radius 2 is 1.83 bits per heavy atom. The molecule has 1 amide bonds. The summed E-state index contributed by atoms with van der Waals surface area (Å²) in [5.74, 6) is 0.563. The lowest BCUT2D eigenvalue weighted by Crippen LogP contribution is -2.33. The van der Waals surface area contributed by atoms with Crippen molar-refractivity contribution in [2.24, 2.45) is 0 Å². The Kier molecular flexibility index (Phi) is 6.91. The summed E-state index contributed by atoms with van der Waals surface area (Å²) in [6.07, 6.45) is 5.24. The number of nitrogens with zero attached hydrogens (tertiary/aromatic N) is 4. The Morgan fingerprint density at radius 1 is 1.03 bits per heavy atom. The molecule has 0 radical (unpaired) electrons. The van der Waals surface area contributed by atoms with Crippen molar-refractivity contribution in [1.82, 2.24) is 24.6 Å². The Labute approximate surface area is 210 Å². The second-order valence-corrected chi connectivity index (χ2v) is 9.08. The number of carbonyl (C=O) groups is 1. The molecular weight excluding hydrogens is 450 g/mol. The first-order valence-electron chi connectivity index (χ1n) is 12.0. The largest absolute Gasteiger partial charge is 0.489 e. The average Bonchev–Trinajstić information content (AvgIpc) is 3.33. The molecule has 3 heterocycles. The van der Waals surface area contributed by atoms with E-state index in [4.69, 9.17) is 4.74 Å². The van der Waals surface area contributed by atoms with Gasteiger partial charge in [-0.2, -0.15) is 0 Å². The van der Waals surface area contributed by atoms with E-state index < -0.39 is 0 Å². The molecule has 36 heavy (non-hydrogen) atoms. The van der Waals surface area contributed by atoms with Crippen LogP contribution in [0, 0.1) is 0 Å². The number of ether oxygens (including phenoxy) is 1. The number of hydrogen-bond donors (Lipinski definition) is 1. The summed E-state index contributed by atoms with van der Waals surface area (Å²) in [6, 6.07) is 24.3. The second-order valence-electron chi connectivity index (χ2n) is 9.08. The topological polar surface area (TPSA) is 71.8 Å². The van der Waals surface area contributed by atoms with Gasteiger partial charge in [0.25, 0.3) is 5.91 Å². The van der Waals surface area contributed by atoms with Crippen LogP contribution in [0.1, 0.15) is 28.5 Å². The van der Waals surface area contributed by atoms with Crippen LogP contribution in [0.2, 0.25) is 0 Å². The lowest BCUT2D eigenvalue weighted by molar-refractivity contribution is 0.0928. The molecule has 1 atom stereocenters. The number of carbonyl (C=O) groups excluding carboxylic acids is 1. The minimum absolute atomic E-state index is 0.179. The molecule has 5 rings (SSSR count). The molecule has 0 saturated carbocycles. The second kappa shape index (κ2) is 10.6. The molecule has 182 valence electrons. The molecule has 0 aliphatic carbocycles. The zero-order chi connectivity index (χ0) is 24.9. The summed E-state index contributed by atoms with van der Waals surface area (Å²) in [5, 5.41) is 4.06. The van der Waals surface area contributed by atoms with Crippen LogP contribution in [0.4, 0.5) is 0 Å². The monoisotopic (exact) mass is 479 g/mol. The van der Waals surface area contributed by atoms with E-state index in [1.165, 1.54) is 11.1 Å². The highest BCUT2D eigenvalue weighted by Crippen LogP contribution is 2.18. The molecule has 0 saturated heterocycles. The van der Waals surface area contributed by atoms with Crippen molar-refractivity contribution in [1.29, 1.82) is 0 Å². The quantitative estimate of drug-likeness (QED) is 0.331. The van der Waals surface area contributed by atoms with E-state index in [9.17, 15) is 4.79 Å². The summed E-state index contributed by atoms with van der Waals surface area (Å²) in [7, 11) is 2.12. The van der Waals surface area contributed by atoms with Crippen molar-refractivity contribution in [2.45, 2.75) is 26.1 Å². The first-order chi connectivity index (χ1) is 17.5. The number of hydrogen-bond acceptors (Lipinski definition) is 5. The average molecular weight is 480 g/mol. The molecule has 7 heteroatoms. The van der Waals surface area contributed by atoms with Crippen LogP contribution in [-0.4, -0.2) is 44.9 Å². The Morgan fingerprint density at radius 3 is 2.67 bits per heavy atom. The van der Waals surface area contributed by atoms with Crippen LogP contribution in [0.3, 0.4) is 0 Å². The van der Waals surface area contributed by atoms with E-state index in [0.29, 0.717) is 12.2 Å². The summed E-state index contributed by atoms with van der Waals surface area (Å²) in [4.78, 5) is 23.5. The minimum atomic E-state index is -0.213. The van der Waals surface area contributed by atoms with E-state index in [1.54, 1.807) is 6.20 Å². The van der Waals surface area contributed by atoms with Gasteiger partial charge in [0.05, 0.1) is 12.1 Å². The van der Waals surface area contributed by atoms with Crippen LogP contribution in [-0.2, 0) is 13.1 Å². The third-order valence-corrected chi connectivity index (χ3v) is 5.98. The summed E-state index contributed by atoms with van der Waals surface area (Å²) < 4.78 is 7.82. The van der Waals surface area contributed by atoms with E-state index in [-0.39, 0.29) is 12.0 Å². The maximum atomic E-state index is 12.5. The number of fused-ring (bicyclic) bond motifs is 2. The van der Waals surface area contributed by atoms with Crippen molar-refractivity contribution >= 4 is 22.5 Å². The van der Waals surface area contributed by atoms with E-state index >= 15 is 0 Å². The maximum absolute atomic E-state index is 12.5. The predicted octanol–water partition coefficient (Wildman–Crippen LogP) is 4.71. The van der Waals surface area contributed by atoms with Crippen LogP contribution >= 0.6 is 0 Å². The van der Waals surface area contributed by atoms with Gasteiger partial charge in [-0.15, -0.1) is 0 Å². The summed E-state index contributed by atoms with van der Waals surface area (Å²) in [6.45, 7) is 4.01. The highest BCUT2D eigenvalue weighted by Gasteiger charge is 2.13. The highest BCUT2D eigenvalue weighted by atomic mass is 16.5. The Bertz CT molecular complexity index is 1450. The molecule has 7 nitrogen and oxygen atoms in total. The summed E-state index contributed by atoms with van der Waals surface area (Å²) in [5.41, 5.74) is 4.62. The molecule has 0 unspecified atom stereocenters. The smallest absolute Gasteiger partial charge is 0.271 e. The third-order valence-electron chi connectivity index (χ3n) is 5.98. The van der Waals surface area contributed by atoms with Gasteiger partial charge in [0.2, 0.25) is 0 Å². The van der Waals surface area contributed by atoms with Gasteiger partial charge in [-0.1, -0.05) is 30.3 Å². The fourth-order valence-corrected chi connectivity index (χ4v) is 4.22. The van der Waals surface area contributed by atoms with Crippen LogP contribution in [0.25, 0.3) is 16.6 Å². The third kappa shape index (κ3) is 5.70. The van der Waals surface area contributed by atoms with Gasteiger partial charge in [-0.05, 0) is 67.6 Å². The van der Waals surface area contributed by atoms with E-state index in [2.05, 4.69) is 63.6 Å². The van der Waals surface area contributed by atoms with E-state index in [0.717, 1.165) is 35.4 Å². The fourth-order valence-electron chi connectivity index (χ4n) is 4.22. The molecule has 5 aromatic rings. The molecule has 3 aromatic heterocycles. The number of amides is 1. The molecular formula is C29H29N5O2. The van der Waals surface area contributed by atoms with Crippen molar-refractivity contribution in [3.63, 3.8) is 0 Å². The minimum Gasteiger partial charge on any atom is -0.489 e. The normalized spacial score (nSPS) is 12.2. The Hall–Kier alpha value is -4.23. The maximum Gasteiger partial charge on any atom is 0.271 e. The number of aromatic nitrogens is 3. The first-order valence-corrected chi connectivity index (χ1v) is 12.0. The molecule has 0 aliphatic rings. The lowest BCUT2D eigenvalue weighted by atomic mass is 10.1. The van der Waals surface area contributed by atoms with Crippen molar-refractivity contribution in [3.05, 3.63) is 108 Å². The molecule has 0 fully saturated rings. The van der Waals surface area contributed by atoms with Gasteiger partial charge in [0.15, 0.2) is 0 Å². The number of benzene rings is 2. The van der Waals surface area contributed by atoms with Crippen molar-refractivity contribution < 1.29 is 9.53 Å². The number of pyridine rings is 2. The predicted molar refractivity (Wildman–Crippen MR) is 141 cm³/mol. The molecule has 0 bridgehead atoms. The van der Waals surface area contributed by atoms with Crippen molar-refractivity contribution in [2.75, 3.05) is 13.6 Å². The fraction of sp³-hybridized carbons (Fsp3) is 0.207. The molecule has 2 aromatic carbocycles. The van der Waals surface area contributed by atoms with Gasteiger partial charge >= 0.3 is 0 Å². The summed E-state index contributed by atoms with van der Waals surface area (Å²) >= 11 is 0. The number of imidazole rings is 1. The van der Waals surface area contributed by atoms with Gasteiger partial charge in [-0.3, -0.25) is 14.7 Å². The highest BCUT2D eigenvalue weighted by molar-refractivity contribution is 5.92. The first kappa shape index (κ1) is 23.5. The lowest BCUT2D eigenvalue weighted by Gasteiger charge is -2.18. The standard InChI is InChI=1S/C29H29N5O2/c1-21(17-31-29(35)27-20-34-15-4-3-7-28(34)32-27)36-25-11-8-22(9-12-25)18-33(2)19-23-10-13-26-24(16-23)6-5-14-30-26/h3-16,20-21H,17-19H2,1-2H3,(H,31,35)/t21-/m1/s1. The SMILES string of the molecule is C[C@H](CNC(=O)c1cn2ccccc2n1)Oc1ccc(CN(C)Cc2ccc3ncccc3c2)cc1. The zero-order valence-electron chi connectivity index (χ0n) is 20.5. The Balaban J connectivity index is 1.10. The molecule has 0 spiro atoms. The van der Waals surface area contributed by atoms with Gasteiger partial charge < -0.3 is 14.5 Å². The molecule has 0 aliphatic heterocycles. The van der Waals surface area contributed by atoms with Crippen molar-refractivity contribution in [3.8, 4) is 5.75 Å². The zero-order valence-corrected chi connectivity index (χ0v) is 20.5. The van der Waals surface area contributed by atoms with Gasteiger partial charge in [0.1, 0.15) is 23.2 Å². The van der Waals surface area contributed by atoms with Crippen LogP contribution < -0.4 is 10.1 Å².